The molecule has 1 aromatic rings. The van der Waals surface area contributed by atoms with Gasteiger partial charge in [-0.3, -0.25) is 5.41 Å². The van der Waals surface area contributed by atoms with Gasteiger partial charge in [-0.05, 0) is 18.6 Å². The van der Waals surface area contributed by atoms with E-state index in [2.05, 4.69) is 0 Å². The van der Waals surface area contributed by atoms with Crippen LogP contribution in [-0.4, -0.2) is 21.5 Å². The third-order valence-corrected chi connectivity index (χ3v) is 1.90. The Bertz CT molecular complexity index is 379. The van der Waals surface area contributed by atoms with E-state index in [0.29, 0.717) is 11.3 Å². The summed E-state index contributed by atoms with van der Waals surface area (Å²) in [6.45, 7) is 1.68. The summed E-state index contributed by atoms with van der Waals surface area (Å²) in [7, 11) is 1.58. The Morgan fingerprint density at radius 3 is 2.46 bits per heavy atom. The van der Waals surface area contributed by atoms with Gasteiger partial charge in [0.1, 0.15) is 11.5 Å². The first-order valence-corrected chi connectivity index (χ1v) is 3.69. The number of aromatic nitrogens is 1. The second kappa shape index (κ2) is 2.93. The highest BCUT2D eigenvalue weighted by atomic mass is 16.4. The number of carbonyl (C=O) groups is 1. The van der Waals surface area contributed by atoms with Crippen LogP contribution >= 0.6 is 0 Å². The van der Waals surface area contributed by atoms with Crippen LogP contribution in [0.3, 0.4) is 0 Å². The molecular formula is C8H11N3O2. The van der Waals surface area contributed by atoms with Crippen molar-refractivity contribution in [3.63, 3.8) is 0 Å². The molecule has 0 fully saturated rings. The highest BCUT2D eigenvalue weighted by molar-refractivity contribution is 5.97. The minimum atomic E-state index is -1.01. The average molecular weight is 181 g/mol. The zero-order chi connectivity index (χ0) is 10.2. The van der Waals surface area contributed by atoms with Gasteiger partial charge in [0.05, 0.1) is 5.69 Å². The molecule has 0 bridgehead atoms. The monoisotopic (exact) mass is 181 g/mol. The SMILES string of the molecule is Cc1cc(C(=N)N)n(C)c1C(=O)O. The van der Waals surface area contributed by atoms with E-state index < -0.39 is 5.97 Å². The highest BCUT2D eigenvalue weighted by Crippen LogP contribution is 2.13. The van der Waals surface area contributed by atoms with Gasteiger partial charge < -0.3 is 15.4 Å². The van der Waals surface area contributed by atoms with Crippen molar-refractivity contribution in [2.75, 3.05) is 0 Å². The van der Waals surface area contributed by atoms with Crippen LogP contribution in [0.4, 0.5) is 0 Å². The summed E-state index contributed by atoms with van der Waals surface area (Å²) in [6.07, 6.45) is 0. The number of nitrogen functional groups attached to an aromatic ring is 1. The van der Waals surface area contributed by atoms with E-state index in [-0.39, 0.29) is 11.5 Å². The Morgan fingerprint density at radius 1 is 1.69 bits per heavy atom. The van der Waals surface area contributed by atoms with E-state index in [4.69, 9.17) is 16.2 Å². The predicted octanol–water partition coefficient (Wildman–Crippen LogP) is 0.316. The summed E-state index contributed by atoms with van der Waals surface area (Å²) in [5.74, 6) is -1.13. The molecule has 0 saturated carbocycles. The van der Waals surface area contributed by atoms with Gasteiger partial charge >= 0.3 is 5.97 Å². The summed E-state index contributed by atoms with van der Waals surface area (Å²) in [4.78, 5) is 10.7. The normalized spacial score (nSPS) is 10.0. The molecule has 0 aliphatic carbocycles. The first kappa shape index (κ1) is 9.31. The zero-order valence-electron chi connectivity index (χ0n) is 7.46. The van der Waals surface area contributed by atoms with Crippen molar-refractivity contribution in [1.82, 2.24) is 4.57 Å². The highest BCUT2D eigenvalue weighted by Gasteiger charge is 2.16. The third kappa shape index (κ3) is 1.40. The van der Waals surface area contributed by atoms with Gasteiger partial charge in [0.2, 0.25) is 0 Å². The molecule has 1 rings (SSSR count). The second-order valence-corrected chi connectivity index (χ2v) is 2.84. The lowest BCUT2D eigenvalue weighted by atomic mass is 10.2. The fourth-order valence-electron chi connectivity index (χ4n) is 1.33. The summed E-state index contributed by atoms with van der Waals surface area (Å²) >= 11 is 0. The number of aryl methyl sites for hydroxylation is 1. The maximum atomic E-state index is 10.7. The van der Waals surface area contributed by atoms with Gasteiger partial charge in [-0.15, -0.1) is 0 Å². The van der Waals surface area contributed by atoms with Crippen LogP contribution in [0.5, 0.6) is 0 Å². The molecule has 0 amide bonds. The molecular weight excluding hydrogens is 170 g/mol. The quantitative estimate of drug-likeness (QED) is 0.453. The fraction of sp³-hybridized carbons (Fsp3) is 0.250. The molecule has 1 heterocycles. The van der Waals surface area contributed by atoms with Gasteiger partial charge in [0.25, 0.3) is 0 Å². The maximum Gasteiger partial charge on any atom is 0.352 e. The van der Waals surface area contributed by atoms with Crippen molar-refractivity contribution in [1.29, 1.82) is 5.41 Å². The number of carboxylic acid groups (broad SMARTS) is 1. The first-order valence-electron chi connectivity index (χ1n) is 3.69. The lowest BCUT2D eigenvalue weighted by Crippen LogP contribution is -2.17. The lowest BCUT2D eigenvalue weighted by molar-refractivity contribution is 0.0685. The molecule has 0 saturated heterocycles. The topological polar surface area (TPSA) is 92.1 Å². The van der Waals surface area contributed by atoms with Crippen molar-refractivity contribution in [3.05, 3.63) is 23.0 Å². The Morgan fingerprint density at radius 2 is 2.23 bits per heavy atom. The molecule has 1 aromatic heterocycles. The van der Waals surface area contributed by atoms with Crippen LogP contribution in [0.2, 0.25) is 0 Å². The number of aromatic carboxylic acids is 1. The maximum absolute atomic E-state index is 10.7. The second-order valence-electron chi connectivity index (χ2n) is 2.84. The predicted molar refractivity (Wildman–Crippen MR) is 48.1 cm³/mol. The number of hydrogen-bond donors (Lipinski definition) is 3. The molecule has 4 N–H and O–H groups in total. The Hall–Kier alpha value is -1.78. The Balaban J connectivity index is 3.39. The van der Waals surface area contributed by atoms with Crippen LogP contribution in [-0.2, 0) is 7.05 Å². The van der Waals surface area contributed by atoms with Crippen LogP contribution < -0.4 is 5.73 Å². The van der Waals surface area contributed by atoms with Crippen molar-refractivity contribution in [2.24, 2.45) is 12.8 Å². The van der Waals surface area contributed by atoms with Crippen molar-refractivity contribution in [2.45, 2.75) is 6.92 Å². The Kier molecular flexibility index (Phi) is 2.10. The van der Waals surface area contributed by atoms with Gasteiger partial charge in [-0.1, -0.05) is 0 Å². The first-order chi connectivity index (χ1) is 5.95. The van der Waals surface area contributed by atoms with E-state index in [1.807, 2.05) is 0 Å². The van der Waals surface area contributed by atoms with Crippen LogP contribution in [0, 0.1) is 12.3 Å². The number of amidine groups is 1. The molecule has 0 radical (unpaired) electrons. The van der Waals surface area contributed by atoms with Crippen LogP contribution in [0.15, 0.2) is 6.07 Å². The largest absolute Gasteiger partial charge is 0.477 e. The number of nitrogens with zero attached hydrogens (tertiary/aromatic N) is 1. The molecule has 13 heavy (non-hydrogen) atoms. The molecule has 0 aromatic carbocycles. The molecule has 0 aliphatic rings. The van der Waals surface area contributed by atoms with Crippen molar-refractivity contribution < 1.29 is 9.90 Å². The minimum absolute atomic E-state index is 0.127. The standard InChI is InChI=1S/C8H11N3O2/c1-4-3-5(7(9)10)11(2)6(4)8(12)13/h3H,1-2H3,(H3,9,10)(H,12,13). The molecule has 0 spiro atoms. The summed E-state index contributed by atoms with van der Waals surface area (Å²) < 4.78 is 1.40. The summed E-state index contributed by atoms with van der Waals surface area (Å²) in [5.41, 5.74) is 6.48. The average Bonchev–Trinajstić information content (AvgIpc) is 2.26. The van der Waals surface area contributed by atoms with Gasteiger partial charge in [0, 0.05) is 7.05 Å². The van der Waals surface area contributed by atoms with E-state index >= 15 is 0 Å². The van der Waals surface area contributed by atoms with Crippen molar-refractivity contribution >= 4 is 11.8 Å². The molecule has 0 aliphatic heterocycles. The molecule has 0 unspecified atom stereocenters. The van der Waals surface area contributed by atoms with E-state index in [1.165, 1.54) is 4.57 Å². The summed E-state index contributed by atoms with van der Waals surface area (Å²) in [6, 6.07) is 1.59. The van der Waals surface area contributed by atoms with E-state index in [1.54, 1.807) is 20.0 Å². The third-order valence-electron chi connectivity index (χ3n) is 1.90. The number of nitrogens with one attached hydrogen (secondary N) is 1. The molecule has 5 nitrogen and oxygen atoms in total. The number of rotatable bonds is 2. The van der Waals surface area contributed by atoms with Gasteiger partial charge in [0.15, 0.2) is 0 Å². The molecule has 70 valence electrons. The van der Waals surface area contributed by atoms with E-state index in [9.17, 15) is 4.79 Å². The fourth-order valence-corrected chi connectivity index (χ4v) is 1.33. The zero-order valence-corrected chi connectivity index (χ0v) is 7.46. The smallest absolute Gasteiger partial charge is 0.352 e. The van der Waals surface area contributed by atoms with Gasteiger partial charge in [-0.25, -0.2) is 4.79 Å². The van der Waals surface area contributed by atoms with Crippen molar-refractivity contribution in [3.8, 4) is 0 Å². The van der Waals surface area contributed by atoms with Crippen LogP contribution in [0.25, 0.3) is 0 Å². The number of nitrogens with two attached hydrogens (primary N) is 1. The molecule has 5 heteroatoms. The van der Waals surface area contributed by atoms with E-state index in [0.717, 1.165) is 0 Å². The minimum Gasteiger partial charge on any atom is -0.477 e. The number of hydrogen-bond acceptors (Lipinski definition) is 2. The number of carboxylic acids is 1. The lowest BCUT2D eigenvalue weighted by Gasteiger charge is -2.02. The molecule has 0 atom stereocenters. The van der Waals surface area contributed by atoms with Gasteiger partial charge in [-0.2, -0.15) is 0 Å². The summed E-state index contributed by atoms with van der Waals surface area (Å²) in [5, 5.41) is 16.0. The Labute approximate surface area is 75.3 Å². The van der Waals surface area contributed by atoms with Crippen LogP contribution in [0.1, 0.15) is 21.7 Å².